The monoisotopic (exact) mass is 329 g/mol. The Kier molecular flexibility index (Phi) is 4.03. The number of anilines is 1. The maximum atomic E-state index is 12.3. The van der Waals surface area contributed by atoms with Crippen molar-refractivity contribution in [2.24, 2.45) is 7.05 Å². The number of sulfonamides is 1. The fourth-order valence-corrected chi connectivity index (χ4v) is 2.97. The van der Waals surface area contributed by atoms with Crippen LogP contribution in [0.15, 0.2) is 71.8 Å². The van der Waals surface area contributed by atoms with E-state index in [9.17, 15) is 8.42 Å². The molecule has 0 radical (unpaired) electrons. The van der Waals surface area contributed by atoms with Crippen molar-refractivity contribution in [1.82, 2.24) is 9.78 Å². The quantitative estimate of drug-likeness (QED) is 0.781. The van der Waals surface area contributed by atoms with Crippen molar-refractivity contribution in [2.45, 2.75) is 4.90 Å². The third kappa shape index (κ3) is 3.70. The number of aromatic nitrogens is 2. The van der Waals surface area contributed by atoms with E-state index in [1.54, 1.807) is 31.4 Å². The summed E-state index contributed by atoms with van der Waals surface area (Å²) in [7, 11) is -1.96. The predicted molar refractivity (Wildman–Crippen MR) is 87.0 cm³/mol. The number of ether oxygens (including phenoxy) is 1. The Hall–Kier alpha value is -2.80. The van der Waals surface area contributed by atoms with E-state index >= 15 is 0 Å². The minimum absolute atomic E-state index is 0.142. The van der Waals surface area contributed by atoms with Gasteiger partial charge in [0.25, 0.3) is 10.0 Å². The summed E-state index contributed by atoms with van der Waals surface area (Å²) < 4.78 is 34.1. The van der Waals surface area contributed by atoms with Gasteiger partial charge in [0.1, 0.15) is 11.5 Å². The number of benzene rings is 2. The molecule has 1 N–H and O–H groups in total. The summed E-state index contributed by atoms with van der Waals surface area (Å²) in [5, 5.41) is 4.00. The van der Waals surface area contributed by atoms with Crippen LogP contribution in [0, 0.1) is 0 Å². The highest BCUT2D eigenvalue weighted by atomic mass is 32.2. The highest BCUT2D eigenvalue weighted by Crippen LogP contribution is 2.23. The molecule has 7 heteroatoms. The van der Waals surface area contributed by atoms with Gasteiger partial charge in [-0.2, -0.15) is 5.10 Å². The molecule has 118 valence electrons. The van der Waals surface area contributed by atoms with Crippen molar-refractivity contribution in [3.05, 3.63) is 66.9 Å². The van der Waals surface area contributed by atoms with Gasteiger partial charge in [0, 0.05) is 19.3 Å². The number of hydrogen-bond donors (Lipinski definition) is 1. The van der Waals surface area contributed by atoms with Gasteiger partial charge in [0.15, 0.2) is 5.82 Å². The van der Waals surface area contributed by atoms with Crippen molar-refractivity contribution in [3.8, 4) is 11.5 Å². The molecule has 0 unspecified atom stereocenters. The first-order chi connectivity index (χ1) is 11.0. The number of hydrogen-bond acceptors (Lipinski definition) is 4. The zero-order valence-corrected chi connectivity index (χ0v) is 13.2. The van der Waals surface area contributed by atoms with Crippen LogP contribution in [0.25, 0.3) is 0 Å². The molecule has 2 aromatic carbocycles. The topological polar surface area (TPSA) is 73.2 Å². The first-order valence-electron chi connectivity index (χ1n) is 6.88. The van der Waals surface area contributed by atoms with Crippen molar-refractivity contribution >= 4 is 15.8 Å². The third-order valence-corrected chi connectivity index (χ3v) is 4.44. The van der Waals surface area contributed by atoms with Gasteiger partial charge in [-0.1, -0.05) is 18.2 Å². The molecule has 0 atom stereocenters. The van der Waals surface area contributed by atoms with Crippen LogP contribution in [0.5, 0.6) is 11.5 Å². The van der Waals surface area contributed by atoms with Crippen molar-refractivity contribution in [3.63, 3.8) is 0 Å². The van der Waals surface area contributed by atoms with E-state index in [1.807, 2.05) is 30.3 Å². The Morgan fingerprint density at radius 3 is 2.22 bits per heavy atom. The molecular formula is C16H15N3O3S. The van der Waals surface area contributed by atoms with E-state index < -0.39 is 10.0 Å². The number of rotatable bonds is 5. The van der Waals surface area contributed by atoms with E-state index in [1.165, 1.54) is 16.8 Å². The Labute approximate surface area is 134 Å². The molecule has 6 nitrogen and oxygen atoms in total. The van der Waals surface area contributed by atoms with Gasteiger partial charge >= 0.3 is 0 Å². The van der Waals surface area contributed by atoms with Gasteiger partial charge in [-0.05, 0) is 36.4 Å². The van der Waals surface area contributed by atoms with Gasteiger partial charge < -0.3 is 4.74 Å². The van der Waals surface area contributed by atoms with Crippen LogP contribution < -0.4 is 9.46 Å². The molecule has 23 heavy (non-hydrogen) atoms. The van der Waals surface area contributed by atoms with Gasteiger partial charge in [-0.25, -0.2) is 8.42 Å². The summed E-state index contributed by atoms with van der Waals surface area (Å²) in [6, 6.07) is 17.1. The van der Waals surface area contributed by atoms with Crippen LogP contribution in [0.1, 0.15) is 0 Å². The lowest BCUT2D eigenvalue weighted by Crippen LogP contribution is -2.13. The van der Waals surface area contributed by atoms with Crippen molar-refractivity contribution in [2.75, 3.05) is 4.72 Å². The van der Waals surface area contributed by atoms with Gasteiger partial charge in [0.05, 0.1) is 4.90 Å². The first-order valence-corrected chi connectivity index (χ1v) is 8.37. The van der Waals surface area contributed by atoms with Crippen LogP contribution in [0.3, 0.4) is 0 Å². The first kappa shape index (κ1) is 15.1. The van der Waals surface area contributed by atoms with Crippen LogP contribution in [-0.4, -0.2) is 18.2 Å². The van der Waals surface area contributed by atoms with E-state index in [4.69, 9.17) is 4.74 Å². The molecule has 0 amide bonds. The van der Waals surface area contributed by atoms with Crippen LogP contribution in [-0.2, 0) is 17.1 Å². The molecule has 0 aliphatic rings. The molecule has 1 aromatic heterocycles. The molecule has 0 aliphatic carbocycles. The standard InChI is InChI=1S/C16H15N3O3S/c1-19-12-11-16(17-19)18-23(20,21)15-9-7-14(8-10-15)22-13-5-3-2-4-6-13/h2-12H,1H3,(H,17,18). The second-order valence-corrected chi connectivity index (χ2v) is 6.55. The summed E-state index contributed by atoms with van der Waals surface area (Å²) in [6.07, 6.45) is 1.66. The lowest BCUT2D eigenvalue weighted by Gasteiger charge is -2.08. The molecule has 0 aliphatic heterocycles. The molecule has 0 saturated heterocycles. The Balaban J connectivity index is 1.76. The number of nitrogens with zero attached hydrogens (tertiary/aromatic N) is 2. The zero-order chi connectivity index (χ0) is 16.3. The fourth-order valence-electron chi connectivity index (χ4n) is 1.98. The minimum atomic E-state index is -3.67. The third-order valence-electron chi connectivity index (χ3n) is 3.07. The Bertz CT molecular complexity index is 888. The van der Waals surface area contributed by atoms with Crippen molar-refractivity contribution in [1.29, 1.82) is 0 Å². The summed E-state index contributed by atoms with van der Waals surface area (Å²) in [5.74, 6) is 1.53. The SMILES string of the molecule is Cn1ccc(NS(=O)(=O)c2ccc(Oc3ccccc3)cc2)n1. The zero-order valence-electron chi connectivity index (χ0n) is 12.4. The predicted octanol–water partition coefficient (Wildman–Crippen LogP) is 3.01. The highest BCUT2D eigenvalue weighted by molar-refractivity contribution is 7.92. The fraction of sp³-hybridized carbons (Fsp3) is 0.0625. The second-order valence-electron chi connectivity index (χ2n) is 4.87. The lowest BCUT2D eigenvalue weighted by atomic mass is 10.3. The molecule has 3 rings (SSSR count). The smallest absolute Gasteiger partial charge is 0.263 e. The summed E-state index contributed by atoms with van der Waals surface area (Å²) in [5.41, 5.74) is 0. The van der Waals surface area contributed by atoms with Crippen LogP contribution >= 0.6 is 0 Å². The Morgan fingerprint density at radius 1 is 0.957 bits per heavy atom. The normalized spacial score (nSPS) is 11.2. The molecule has 0 spiro atoms. The molecule has 0 saturated carbocycles. The van der Waals surface area contributed by atoms with E-state index in [0.29, 0.717) is 11.5 Å². The largest absolute Gasteiger partial charge is 0.457 e. The Morgan fingerprint density at radius 2 is 1.61 bits per heavy atom. The summed E-state index contributed by atoms with van der Waals surface area (Å²) >= 11 is 0. The highest BCUT2D eigenvalue weighted by Gasteiger charge is 2.15. The van der Waals surface area contributed by atoms with Gasteiger partial charge in [0.2, 0.25) is 0 Å². The van der Waals surface area contributed by atoms with E-state index in [0.717, 1.165) is 0 Å². The molecular weight excluding hydrogens is 314 g/mol. The molecule has 0 fully saturated rings. The molecule has 0 bridgehead atoms. The maximum Gasteiger partial charge on any atom is 0.263 e. The average Bonchev–Trinajstić information content (AvgIpc) is 2.93. The number of aryl methyl sites for hydroxylation is 1. The van der Waals surface area contributed by atoms with Gasteiger partial charge in [-0.3, -0.25) is 9.40 Å². The minimum Gasteiger partial charge on any atom is -0.457 e. The van der Waals surface area contributed by atoms with Crippen LogP contribution in [0.2, 0.25) is 0 Å². The number of nitrogens with one attached hydrogen (secondary N) is 1. The molecule has 1 heterocycles. The van der Waals surface area contributed by atoms with Gasteiger partial charge in [-0.15, -0.1) is 0 Å². The molecule has 3 aromatic rings. The summed E-state index contributed by atoms with van der Waals surface area (Å²) in [6.45, 7) is 0. The van der Waals surface area contributed by atoms with Crippen LogP contribution in [0.4, 0.5) is 5.82 Å². The summed E-state index contributed by atoms with van der Waals surface area (Å²) in [4.78, 5) is 0.142. The van der Waals surface area contributed by atoms with E-state index in [2.05, 4.69) is 9.82 Å². The second kappa shape index (κ2) is 6.13. The van der Waals surface area contributed by atoms with Crippen molar-refractivity contribution < 1.29 is 13.2 Å². The average molecular weight is 329 g/mol. The lowest BCUT2D eigenvalue weighted by molar-refractivity contribution is 0.482. The maximum absolute atomic E-state index is 12.3. The number of para-hydroxylation sites is 1. The van der Waals surface area contributed by atoms with E-state index in [-0.39, 0.29) is 10.7 Å².